The van der Waals surface area contributed by atoms with Crippen LogP contribution in [0, 0.1) is 0 Å². The Labute approximate surface area is 76.3 Å². The first-order valence-electron chi connectivity index (χ1n) is 4.84. The molecule has 0 aromatic heterocycles. The minimum atomic E-state index is 0. The third-order valence-electron chi connectivity index (χ3n) is 3.11. The first-order chi connectivity index (χ1) is 5.38. The number of hydrogen-bond acceptors (Lipinski definition) is 2. The lowest BCUT2D eigenvalue weighted by Crippen LogP contribution is -2.38. The van der Waals surface area contributed by atoms with Gasteiger partial charge in [0.1, 0.15) is 0 Å². The number of nitrogens with one attached hydrogen (secondary N) is 1. The molecule has 0 aliphatic carbocycles. The average Bonchev–Trinajstić information content (AvgIpc) is 2.55. The fraction of sp³-hybridized carbons (Fsp3) is 1.00. The van der Waals surface area contributed by atoms with Gasteiger partial charge in [0.2, 0.25) is 0 Å². The van der Waals surface area contributed by atoms with Crippen LogP contribution in [-0.4, -0.2) is 36.6 Å². The third kappa shape index (κ3) is 1.80. The van der Waals surface area contributed by atoms with E-state index >= 15 is 0 Å². The van der Waals surface area contributed by atoms with Crippen LogP contribution in [0.15, 0.2) is 0 Å². The lowest BCUT2D eigenvalue weighted by atomic mass is 10.2. The molecule has 0 bridgehead atoms. The topological polar surface area (TPSA) is 15.3 Å². The van der Waals surface area contributed by atoms with E-state index in [-0.39, 0.29) is 7.43 Å². The van der Waals surface area contributed by atoms with Gasteiger partial charge in [0.05, 0.1) is 0 Å². The van der Waals surface area contributed by atoms with E-state index in [1.54, 1.807) is 0 Å². The summed E-state index contributed by atoms with van der Waals surface area (Å²) < 4.78 is 0. The maximum atomic E-state index is 3.43. The van der Waals surface area contributed by atoms with Gasteiger partial charge in [-0.25, -0.2) is 0 Å². The lowest BCUT2D eigenvalue weighted by molar-refractivity contribution is 0.202. The second-order valence-electron chi connectivity index (χ2n) is 3.88. The van der Waals surface area contributed by atoms with Crippen LogP contribution in [0.1, 0.15) is 33.6 Å². The molecule has 0 saturated carbocycles. The molecule has 2 atom stereocenters. The predicted molar refractivity (Wildman–Crippen MR) is 53.4 cm³/mol. The van der Waals surface area contributed by atoms with Crippen molar-refractivity contribution in [3.63, 3.8) is 0 Å². The van der Waals surface area contributed by atoms with Crippen molar-refractivity contribution in [2.75, 3.05) is 19.6 Å². The van der Waals surface area contributed by atoms with Crippen molar-refractivity contribution in [1.82, 2.24) is 10.2 Å². The van der Waals surface area contributed by atoms with Gasteiger partial charge in [-0.05, 0) is 39.3 Å². The normalized spacial score (nSPS) is 36.8. The van der Waals surface area contributed by atoms with E-state index in [4.69, 9.17) is 0 Å². The van der Waals surface area contributed by atoms with E-state index in [2.05, 4.69) is 17.1 Å². The Morgan fingerprint density at radius 3 is 2.67 bits per heavy atom. The van der Waals surface area contributed by atoms with Crippen LogP contribution < -0.4 is 5.32 Å². The third-order valence-corrected chi connectivity index (χ3v) is 3.11. The molecule has 2 heteroatoms. The van der Waals surface area contributed by atoms with Crippen LogP contribution in [0.3, 0.4) is 0 Å². The molecule has 2 aliphatic heterocycles. The minimum Gasteiger partial charge on any atom is -0.315 e. The molecule has 2 heterocycles. The molecule has 12 heavy (non-hydrogen) atoms. The highest BCUT2D eigenvalue weighted by Crippen LogP contribution is 2.21. The fourth-order valence-electron chi connectivity index (χ4n) is 2.42. The van der Waals surface area contributed by atoms with Crippen LogP contribution in [0.25, 0.3) is 0 Å². The van der Waals surface area contributed by atoms with Crippen LogP contribution >= 0.6 is 0 Å². The molecule has 1 N–H and O–H groups in total. The van der Waals surface area contributed by atoms with E-state index in [0.29, 0.717) is 0 Å². The summed E-state index contributed by atoms with van der Waals surface area (Å²) in [6.07, 6.45) is 4.19. The van der Waals surface area contributed by atoms with Crippen molar-refractivity contribution in [2.24, 2.45) is 0 Å². The molecule has 72 valence electrons. The summed E-state index contributed by atoms with van der Waals surface area (Å²) in [5.41, 5.74) is 0. The highest BCUT2D eigenvalue weighted by atomic mass is 15.2. The smallest absolute Gasteiger partial charge is 0.0235 e. The zero-order valence-corrected chi connectivity index (χ0v) is 7.34. The van der Waals surface area contributed by atoms with Crippen LogP contribution in [0.5, 0.6) is 0 Å². The highest BCUT2D eigenvalue weighted by Gasteiger charge is 2.29. The number of likely N-dealkylation sites (tertiary alicyclic amines) is 1. The van der Waals surface area contributed by atoms with Gasteiger partial charge in [-0.1, -0.05) is 7.43 Å². The Hall–Kier alpha value is -0.0800. The molecule has 2 nitrogen and oxygen atoms in total. The molecule has 0 amide bonds. The summed E-state index contributed by atoms with van der Waals surface area (Å²) in [4.78, 5) is 2.68. The molecule has 2 saturated heterocycles. The van der Waals surface area contributed by atoms with Gasteiger partial charge in [0.25, 0.3) is 0 Å². The molecular formula is C10H22N2. The van der Waals surface area contributed by atoms with Crippen molar-refractivity contribution < 1.29 is 0 Å². The zero-order chi connectivity index (χ0) is 7.68. The van der Waals surface area contributed by atoms with E-state index in [9.17, 15) is 0 Å². The first-order valence-corrected chi connectivity index (χ1v) is 4.84. The van der Waals surface area contributed by atoms with Crippen LogP contribution in [-0.2, 0) is 0 Å². The molecule has 0 aromatic carbocycles. The Bertz CT molecular complexity index is 130. The molecule has 0 unspecified atom stereocenters. The minimum absolute atomic E-state index is 0. The molecule has 0 radical (unpaired) electrons. The van der Waals surface area contributed by atoms with E-state index in [1.807, 2.05) is 0 Å². The van der Waals surface area contributed by atoms with Gasteiger partial charge in [0, 0.05) is 18.6 Å². The standard InChI is InChI=1S/C9H18N2.CH4/c1-8-3-2-6-11(8)9-4-5-10-7-9;/h8-10H,2-7H2,1H3;1H4/t8-,9+;/m0./s1. The SMILES string of the molecule is C.C[C@H]1CCCN1[C@@H]1CCNC1. The zero-order valence-electron chi connectivity index (χ0n) is 7.34. The van der Waals surface area contributed by atoms with E-state index < -0.39 is 0 Å². The Morgan fingerprint density at radius 1 is 1.33 bits per heavy atom. The molecular weight excluding hydrogens is 148 g/mol. The van der Waals surface area contributed by atoms with Crippen LogP contribution in [0.4, 0.5) is 0 Å². The average molecular weight is 170 g/mol. The van der Waals surface area contributed by atoms with Gasteiger partial charge in [-0.15, -0.1) is 0 Å². The first kappa shape index (κ1) is 10.0. The van der Waals surface area contributed by atoms with Gasteiger partial charge in [-0.3, -0.25) is 4.90 Å². The van der Waals surface area contributed by atoms with Crippen LogP contribution in [0.2, 0.25) is 0 Å². The van der Waals surface area contributed by atoms with Gasteiger partial charge in [0.15, 0.2) is 0 Å². The van der Waals surface area contributed by atoms with Gasteiger partial charge in [-0.2, -0.15) is 0 Å². The number of nitrogens with zero attached hydrogens (tertiary/aromatic N) is 1. The Balaban J connectivity index is 0.000000720. The summed E-state index contributed by atoms with van der Waals surface area (Å²) in [6, 6.07) is 1.70. The van der Waals surface area contributed by atoms with E-state index in [0.717, 1.165) is 12.1 Å². The maximum absolute atomic E-state index is 3.43. The van der Waals surface area contributed by atoms with Crippen molar-refractivity contribution >= 4 is 0 Å². The fourth-order valence-corrected chi connectivity index (χ4v) is 2.42. The summed E-state index contributed by atoms with van der Waals surface area (Å²) in [5, 5.41) is 3.43. The highest BCUT2D eigenvalue weighted by molar-refractivity contribution is 4.86. The second-order valence-corrected chi connectivity index (χ2v) is 3.88. The second kappa shape index (κ2) is 4.24. The molecule has 2 aliphatic rings. The molecule has 0 aromatic rings. The van der Waals surface area contributed by atoms with E-state index in [1.165, 1.54) is 38.9 Å². The lowest BCUT2D eigenvalue weighted by Gasteiger charge is -2.27. The van der Waals surface area contributed by atoms with Gasteiger partial charge < -0.3 is 5.32 Å². The number of hydrogen-bond donors (Lipinski definition) is 1. The van der Waals surface area contributed by atoms with Crippen molar-refractivity contribution in [1.29, 1.82) is 0 Å². The summed E-state index contributed by atoms with van der Waals surface area (Å²) in [7, 11) is 0. The molecule has 2 fully saturated rings. The number of rotatable bonds is 1. The quantitative estimate of drug-likeness (QED) is 0.641. The Kier molecular flexibility index (Phi) is 3.53. The molecule has 0 spiro atoms. The molecule has 2 rings (SSSR count). The Morgan fingerprint density at radius 2 is 2.17 bits per heavy atom. The van der Waals surface area contributed by atoms with Crippen molar-refractivity contribution in [2.45, 2.75) is 45.7 Å². The summed E-state index contributed by atoms with van der Waals surface area (Å²) in [6.45, 7) is 6.16. The monoisotopic (exact) mass is 170 g/mol. The van der Waals surface area contributed by atoms with Gasteiger partial charge >= 0.3 is 0 Å². The predicted octanol–water partition coefficient (Wildman–Crippen LogP) is 1.47. The van der Waals surface area contributed by atoms with Crippen molar-refractivity contribution in [3.8, 4) is 0 Å². The summed E-state index contributed by atoms with van der Waals surface area (Å²) >= 11 is 0. The maximum Gasteiger partial charge on any atom is 0.0235 e. The largest absolute Gasteiger partial charge is 0.315 e. The summed E-state index contributed by atoms with van der Waals surface area (Å²) in [5.74, 6) is 0. The van der Waals surface area contributed by atoms with Crippen molar-refractivity contribution in [3.05, 3.63) is 0 Å².